The third-order valence-corrected chi connectivity index (χ3v) is 3.85. The predicted molar refractivity (Wildman–Crippen MR) is 89.7 cm³/mol. The van der Waals surface area contributed by atoms with Crippen molar-refractivity contribution in [2.24, 2.45) is 0 Å². The van der Waals surface area contributed by atoms with Crippen molar-refractivity contribution in [2.75, 3.05) is 0 Å². The number of ether oxygens (including phenoxy) is 1. The Kier molecular flexibility index (Phi) is 4.81. The van der Waals surface area contributed by atoms with E-state index in [1.165, 1.54) is 12.1 Å². The fraction of sp³-hybridized carbons (Fsp3) is 0.167. The minimum atomic E-state index is -0.898. The Morgan fingerprint density at radius 2 is 1.92 bits per heavy atom. The average Bonchev–Trinajstić information content (AvgIpc) is 3.05. The van der Waals surface area contributed by atoms with Crippen LogP contribution in [0.3, 0.4) is 0 Å². The van der Waals surface area contributed by atoms with Crippen LogP contribution in [0.25, 0.3) is 11.5 Å². The van der Waals surface area contributed by atoms with Crippen LogP contribution in [0.4, 0.5) is 4.39 Å². The monoisotopic (exact) mass is 360 g/mol. The lowest BCUT2D eigenvalue weighted by Gasteiger charge is -2.10. The van der Waals surface area contributed by atoms with E-state index in [-0.39, 0.29) is 16.5 Å². The van der Waals surface area contributed by atoms with E-state index in [2.05, 4.69) is 10.2 Å². The molecule has 0 aliphatic rings. The molecule has 0 bridgehead atoms. The molecule has 1 heterocycles. The molecular formula is C18H14ClFN2O3. The van der Waals surface area contributed by atoms with Gasteiger partial charge < -0.3 is 9.15 Å². The van der Waals surface area contributed by atoms with E-state index < -0.39 is 17.9 Å². The van der Waals surface area contributed by atoms with Gasteiger partial charge in [-0.15, -0.1) is 10.2 Å². The Hall–Kier alpha value is -2.73. The first kappa shape index (κ1) is 17.1. The maximum absolute atomic E-state index is 13.8. The van der Waals surface area contributed by atoms with Gasteiger partial charge in [-0.2, -0.15) is 0 Å². The maximum atomic E-state index is 13.8. The van der Waals surface area contributed by atoms with Crippen LogP contribution in [0.2, 0.25) is 5.02 Å². The quantitative estimate of drug-likeness (QED) is 0.628. The molecule has 128 valence electrons. The average molecular weight is 361 g/mol. The summed E-state index contributed by atoms with van der Waals surface area (Å²) in [6, 6.07) is 11.5. The molecule has 0 amide bonds. The molecule has 2 aromatic carbocycles. The molecule has 0 fully saturated rings. The summed E-state index contributed by atoms with van der Waals surface area (Å²) >= 11 is 5.86. The summed E-state index contributed by atoms with van der Waals surface area (Å²) in [6.45, 7) is 3.53. The van der Waals surface area contributed by atoms with Gasteiger partial charge in [0, 0.05) is 5.56 Å². The fourth-order valence-electron chi connectivity index (χ4n) is 2.17. The van der Waals surface area contributed by atoms with E-state index in [4.69, 9.17) is 20.8 Å². The van der Waals surface area contributed by atoms with Gasteiger partial charge in [-0.05, 0) is 38.1 Å². The minimum absolute atomic E-state index is 0.0249. The number of halogens is 2. The summed E-state index contributed by atoms with van der Waals surface area (Å²) in [5, 5.41) is 7.81. The smallest absolute Gasteiger partial charge is 0.343 e. The number of hydrogen-bond acceptors (Lipinski definition) is 5. The van der Waals surface area contributed by atoms with E-state index in [0.717, 1.165) is 17.2 Å². The summed E-state index contributed by atoms with van der Waals surface area (Å²) in [5.41, 5.74) is 1.53. The standard InChI is InChI=1S/C18H14ClFN2O3/c1-10-6-8-12(9-7-10)17-22-21-16(25-17)11(2)24-18(23)15-13(19)4-3-5-14(15)20/h3-9,11H,1-2H3/t11-/m1/s1. The number of carbonyl (C=O) groups excluding carboxylic acids is 1. The second kappa shape index (κ2) is 7.03. The molecule has 3 rings (SSSR count). The van der Waals surface area contributed by atoms with Gasteiger partial charge in [0.05, 0.1) is 5.02 Å². The lowest BCUT2D eigenvalue weighted by atomic mass is 10.1. The number of aryl methyl sites for hydroxylation is 1. The molecule has 1 aromatic heterocycles. The molecule has 0 radical (unpaired) electrons. The van der Waals surface area contributed by atoms with E-state index in [9.17, 15) is 9.18 Å². The van der Waals surface area contributed by atoms with Gasteiger partial charge in [0.15, 0.2) is 6.10 Å². The van der Waals surface area contributed by atoms with Crippen molar-refractivity contribution in [1.82, 2.24) is 10.2 Å². The van der Waals surface area contributed by atoms with Crippen molar-refractivity contribution < 1.29 is 18.3 Å². The third kappa shape index (κ3) is 3.69. The van der Waals surface area contributed by atoms with E-state index >= 15 is 0 Å². The summed E-state index contributed by atoms with van der Waals surface area (Å²) in [4.78, 5) is 12.1. The van der Waals surface area contributed by atoms with Crippen molar-refractivity contribution in [3.05, 3.63) is 70.3 Å². The van der Waals surface area contributed by atoms with Gasteiger partial charge in [-0.3, -0.25) is 0 Å². The molecule has 0 spiro atoms. The van der Waals surface area contributed by atoms with E-state index in [0.29, 0.717) is 5.89 Å². The minimum Gasteiger partial charge on any atom is -0.449 e. The Bertz CT molecular complexity index is 889. The van der Waals surface area contributed by atoms with Crippen LogP contribution < -0.4 is 0 Å². The van der Waals surface area contributed by atoms with Crippen LogP contribution in [0, 0.1) is 12.7 Å². The number of nitrogens with zero attached hydrogens (tertiary/aromatic N) is 2. The Balaban J connectivity index is 1.77. The summed E-state index contributed by atoms with van der Waals surface area (Å²) in [7, 11) is 0. The number of esters is 1. The molecular weight excluding hydrogens is 347 g/mol. The van der Waals surface area contributed by atoms with Crippen LogP contribution >= 0.6 is 11.6 Å². The van der Waals surface area contributed by atoms with Crippen molar-refractivity contribution in [3.63, 3.8) is 0 Å². The van der Waals surface area contributed by atoms with Crippen LogP contribution in [0.15, 0.2) is 46.9 Å². The highest BCUT2D eigenvalue weighted by Gasteiger charge is 2.23. The predicted octanol–water partition coefficient (Wildman–Crippen LogP) is 4.76. The van der Waals surface area contributed by atoms with Gasteiger partial charge in [-0.1, -0.05) is 35.4 Å². The van der Waals surface area contributed by atoms with Gasteiger partial charge in [-0.25, -0.2) is 9.18 Å². The zero-order valence-electron chi connectivity index (χ0n) is 13.5. The fourth-order valence-corrected chi connectivity index (χ4v) is 2.41. The van der Waals surface area contributed by atoms with Crippen molar-refractivity contribution in [1.29, 1.82) is 0 Å². The van der Waals surface area contributed by atoms with Gasteiger partial charge >= 0.3 is 5.97 Å². The zero-order chi connectivity index (χ0) is 18.0. The lowest BCUT2D eigenvalue weighted by molar-refractivity contribution is 0.0275. The molecule has 5 nitrogen and oxygen atoms in total. The lowest BCUT2D eigenvalue weighted by Crippen LogP contribution is -2.12. The molecule has 0 aliphatic carbocycles. The second-order valence-corrected chi connectivity index (χ2v) is 5.86. The molecule has 0 saturated carbocycles. The first-order valence-electron chi connectivity index (χ1n) is 7.51. The number of carbonyl (C=O) groups is 1. The first-order valence-corrected chi connectivity index (χ1v) is 7.89. The largest absolute Gasteiger partial charge is 0.449 e. The number of aromatic nitrogens is 2. The van der Waals surface area contributed by atoms with Gasteiger partial charge in [0.25, 0.3) is 5.89 Å². The summed E-state index contributed by atoms with van der Waals surface area (Å²) in [5.74, 6) is -1.24. The Labute approximate surface area is 148 Å². The van der Waals surface area contributed by atoms with Crippen LogP contribution in [0.1, 0.15) is 34.8 Å². The molecule has 1 atom stereocenters. The number of rotatable bonds is 4. The Morgan fingerprint density at radius 1 is 1.20 bits per heavy atom. The SMILES string of the molecule is Cc1ccc(-c2nnc([C@@H](C)OC(=O)c3c(F)cccc3Cl)o2)cc1. The topological polar surface area (TPSA) is 65.2 Å². The molecule has 25 heavy (non-hydrogen) atoms. The molecule has 0 aliphatic heterocycles. The third-order valence-electron chi connectivity index (χ3n) is 3.54. The van der Waals surface area contributed by atoms with E-state index in [1.807, 2.05) is 31.2 Å². The first-order chi connectivity index (χ1) is 12.0. The second-order valence-electron chi connectivity index (χ2n) is 5.46. The van der Waals surface area contributed by atoms with E-state index in [1.54, 1.807) is 6.92 Å². The highest BCUT2D eigenvalue weighted by atomic mass is 35.5. The van der Waals surface area contributed by atoms with Gasteiger partial charge in [0.2, 0.25) is 5.89 Å². The van der Waals surface area contributed by atoms with Crippen molar-refractivity contribution in [3.8, 4) is 11.5 Å². The van der Waals surface area contributed by atoms with Crippen LogP contribution in [-0.4, -0.2) is 16.2 Å². The highest BCUT2D eigenvalue weighted by Crippen LogP contribution is 2.25. The Morgan fingerprint density at radius 3 is 2.60 bits per heavy atom. The van der Waals surface area contributed by atoms with Crippen LogP contribution in [0.5, 0.6) is 0 Å². The molecule has 7 heteroatoms. The summed E-state index contributed by atoms with van der Waals surface area (Å²) in [6.07, 6.45) is -0.852. The normalized spacial score (nSPS) is 12.0. The number of hydrogen-bond donors (Lipinski definition) is 0. The highest BCUT2D eigenvalue weighted by molar-refractivity contribution is 6.33. The van der Waals surface area contributed by atoms with Crippen molar-refractivity contribution >= 4 is 17.6 Å². The molecule has 0 N–H and O–H groups in total. The van der Waals surface area contributed by atoms with Gasteiger partial charge in [0.1, 0.15) is 11.4 Å². The summed E-state index contributed by atoms with van der Waals surface area (Å²) < 4.78 is 24.5. The molecule has 0 saturated heterocycles. The van der Waals surface area contributed by atoms with Crippen LogP contribution in [-0.2, 0) is 4.74 Å². The number of benzene rings is 2. The molecule has 0 unspecified atom stereocenters. The maximum Gasteiger partial charge on any atom is 0.343 e. The molecule has 3 aromatic rings. The van der Waals surface area contributed by atoms with Crippen molar-refractivity contribution in [2.45, 2.75) is 20.0 Å². The zero-order valence-corrected chi connectivity index (χ0v) is 14.2.